The summed E-state index contributed by atoms with van der Waals surface area (Å²) in [6.45, 7) is 9.08. The van der Waals surface area contributed by atoms with Crippen LogP contribution in [0.25, 0.3) is 0 Å². The summed E-state index contributed by atoms with van der Waals surface area (Å²) >= 11 is 0. The van der Waals surface area contributed by atoms with Crippen molar-refractivity contribution in [3.8, 4) is 5.75 Å². The third kappa shape index (κ3) is 4.61. The van der Waals surface area contributed by atoms with E-state index in [9.17, 15) is 5.11 Å². The van der Waals surface area contributed by atoms with Gasteiger partial charge in [-0.25, -0.2) is 0 Å². The Kier molecular flexibility index (Phi) is 5.78. The zero-order valence-corrected chi connectivity index (χ0v) is 10.8. The highest BCUT2D eigenvalue weighted by atomic mass is 16.3. The largest absolute Gasteiger partial charge is 0.508 e. The molecule has 2 heteroatoms. The maximum atomic E-state index is 9.20. The van der Waals surface area contributed by atoms with E-state index in [-0.39, 0.29) is 0 Å². The van der Waals surface area contributed by atoms with Gasteiger partial charge in [-0.3, -0.25) is 0 Å². The molecule has 2 atom stereocenters. The molecule has 2 nitrogen and oxygen atoms in total. The molecule has 0 heterocycles. The number of allylic oxidation sites excluding steroid dienone is 1. The monoisotopic (exact) mass is 233 g/mol. The molecule has 0 aliphatic carbocycles. The summed E-state index contributed by atoms with van der Waals surface area (Å²) in [6.07, 6.45) is 4.21. The van der Waals surface area contributed by atoms with Crippen LogP contribution >= 0.6 is 0 Å². The van der Waals surface area contributed by atoms with Crippen molar-refractivity contribution in [2.75, 3.05) is 0 Å². The van der Waals surface area contributed by atoms with E-state index in [1.807, 2.05) is 18.2 Å². The summed E-state index contributed by atoms with van der Waals surface area (Å²) in [6, 6.07) is 7.82. The Balaban J connectivity index is 2.43. The molecule has 0 aliphatic heterocycles. The molecule has 0 spiro atoms. The molecule has 0 saturated carbocycles. The van der Waals surface area contributed by atoms with E-state index in [1.54, 1.807) is 12.1 Å². The number of phenolic OH excluding ortho intramolecular Hbond substituents is 1. The van der Waals surface area contributed by atoms with E-state index >= 15 is 0 Å². The van der Waals surface area contributed by atoms with Crippen LogP contribution in [-0.4, -0.2) is 11.1 Å². The number of hydrogen-bond donors (Lipinski definition) is 2. The Morgan fingerprint density at radius 1 is 1.35 bits per heavy atom. The lowest BCUT2D eigenvalue weighted by Gasteiger charge is -2.22. The van der Waals surface area contributed by atoms with Gasteiger partial charge in [-0.1, -0.05) is 31.6 Å². The number of aromatic hydroxyl groups is 1. The van der Waals surface area contributed by atoms with Crippen LogP contribution in [0.3, 0.4) is 0 Å². The Labute approximate surface area is 104 Å². The van der Waals surface area contributed by atoms with Crippen molar-refractivity contribution >= 4 is 0 Å². The Morgan fingerprint density at radius 3 is 2.53 bits per heavy atom. The van der Waals surface area contributed by atoms with Crippen LogP contribution in [0.15, 0.2) is 36.9 Å². The second-order valence-electron chi connectivity index (χ2n) is 4.53. The number of phenols is 1. The third-order valence-corrected chi connectivity index (χ3v) is 3.27. The fourth-order valence-corrected chi connectivity index (χ4v) is 2.00. The van der Waals surface area contributed by atoms with Crippen molar-refractivity contribution in [1.29, 1.82) is 0 Å². The minimum Gasteiger partial charge on any atom is -0.508 e. The van der Waals surface area contributed by atoms with E-state index in [4.69, 9.17) is 0 Å². The van der Waals surface area contributed by atoms with Crippen LogP contribution in [0.4, 0.5) is 0 Å². The molecule has 0 aromatic heterocycles. The highest BCUT2D eigenvalue weighted by molar-refractivity contribution is 5.25. The van der Waals surface area contributed by atoms with Crippen molar-refractivity contribution in [3.05, 3.63) is 42.5 Å². The minimum atomic E-state index is 0.319. The van der Waals surface area contributed by atoms with Crippen LogP contribution in [0, 0.1) is 5.92 Å². The van der Waals surface area contributed by atoms with Gasteiger partial charge in [0, 0.05) is 12.6 Å². The maximum absolute atomic E-state index is 9.20. The van der Waals surface area contributed by atoms with Gasteiger partial charge < -0.3 is 10.4 Å². The molecule has 1 aromatic carbocycles. The molecule has 2 unspecified atom stereocenters. The van der Waals surface area contributed by atoms with Crippen molar-refractivity contribution in [3.63, 3.8) is 0 Å². The first-order chi connectivity index (χ1) is 8.17. The Bertz CT molecular complexity index is 331. The standard InChI is InChI=1S/C15H23NO/c1-4-6-14(5-2)12(3)16-11-13-7-9-15(17)10-8-13/h4,7-10,12,14,16-17H,1,5-6,11H2,2-3H3. The second kappa shape index (κ2) is 7.13. The predicted molar refractivity (Wildman–Crippen MR) is 73.0 cm³/mol. The fourth-order valence-electron chi connectivity index (χ4n) is 2.00. The van der Waals surface area contributed by atoms with Crippen LogP contribution in [0.1, 0.15) is 32.3 Å². The topological polar surface area (TPSA) is 32.3 Å². The Hall–Kier alpha value is -1.28. The normalized spacial score (nSPS) is 14.2. The number of nitrogens with one attached hydrogen (secondary N) is 1. The molecule has 2 N–H and O–H groups in total. The zero-order chi connectivity index (χ0) is 12.7. The lowest BCUT2D eigenvalue weighted by molar-refractivity contribution is 0.365. The lowest BCUT2D eigenvalue weighted by Crippen LogP contribution is -2.32. The average Bonchev–Trinajstić information content (AvgIpc) is 2.35. The van der Waals surface area contributed by atoms with Crippen molar-refractivity contribution < 1.29 is 5.11 Å². The van der Waals surface area contributed by atoms with Crippen molar-refractivity contribution in [2.45, 2.75) is 39.3 Å². The summed E-state index contributed by atoms with van der Waals surface area (Å²) < 4.78 is 0. The third-order valence-electron chi connectivity index (χ3n) is 3.27. The Morgan fingerprint density at radius 2 is 2.00 bits per heavy atom. The number of rotatable bonds is 7. The van der Waals surface area contributed by atoms with E-state index < -0.39 is 0 Å². The van der Waals surface area contributed by atoms with Gasteiger partial charge in [-0.05, 0) is 37.0 Å². The maximum Gasteiger partial charge on any atom is 0.115 e. The molecule has 94 valence electrons. The lowest BCUT2D eigenvalue weighted by atomic mass is 9.94. The molecule has 0 aliphatic rings. The molecule has 0 radical (unpaired) electrons. The summed E-state index contributed by atoms with van der Waals surface area (Å²) in [4.78, 5) is 0. The van der Waals surface area contributed by atoms with Gasteiger partial charge in [0.2, 0.25) is 0 Å². The van der Waals surface area contributed by atoms with Gasteiger partial charge >= 0.3 is 0 Å². The molecular formula is C15H23NO. The molecule has 0 bridgehead atoms. The van der Waals surface area contributed by atoms with E-state index in [0.717, 1.165) is 19.4 Å². The van der Waals surface area contributed by atoms with Crippen molar-refractivity contribution in [1.82, 2.24) is 5.32 Å². The number of hydrogen-bond acceptors (Lipinski definition) is 2. The average molecular weight is 233 g/mol. The first-order valence-corrected chi connectivity index (χ1v) is 6.29. The fraction of sp³-hybridized carbons (Fsp3) is 0.467. The van der Waals surface area contributed by atoms with Crippen molar-refractivity contribution in [2.24, 2.45) is 5.92 Å². The van der Waals surface area contributed by atoms with Gasteiger partial charge in [0.25, 0.3) is 0 Å². The summed E-state index contributed by atoms with van der Waals surface area (Å²) in [5, 5.41) is 12.7. The highest BCUT2D eigenvalue weighted by Gasteiger charge is 2.12. The van der Waals surface area contributed by atoms with Gasteiger partial charge in [0.15, 0.2) is 0 Å². The van der Waals surface area contributed by atoms with Gasteiger partial charge in [-0.15, -0.1) is 6.58 Å². The van der Waals surface area contributed by atoms with Crippen LogP contribution in [0.5, 0.6) is 5.75 Å². The minimum absolute atomic E-state index is 0.319. The van der Waals surface area contributed by atoms with Crippen LogP contribution in [-0.2, 0) is 6.54 Å². The first-order valence-electron chi connectivity index (χ1n) is 6.29. The summed E-state index contributed by atoms with van der Waals surface area (Å²) in [7, 11) is 0. The van der Waals surface area contributed by atoms with E-state index in [2.05, 4.69) is 25.7 Å². The molecule has 0 saturated heterocycles. The number of benzene rings is 1. The van der Waals surface area contributed by atoms with Crippen LogP contribution < -0.4 is 5.32 Å². The first kappa shape index (κ1) is 13.8. The van der Waals surface area contributed by atoms with Gasteiger partial charge in [0.05, 0.1) is 0 Å². The van der Waals surface area contributed by atoms with Crippen LogP contribution in [0.2, 0.25) is 0 Å². The molecule has 0 amide bonds. The zero-order valence-electron chi connectivity index (χ0n) is 10.8. The van der Waals surface area contributed by atoms with Gasteiger partial charge in [-0.2, -0.15) is 0 Å². The van der Waals surface area contributed by atoms with Gasteiger partial charge in [0.1, 0.15) is 5.75 Å². The SMILES string of the molecule is C=CCC(CC)C(C)NCc1ccc(O)cc1. The summed E-state index contributed by atoms with van der Waals surface area (Å²) in [5.74, 6) is 0.963. The van der Waals surface area contributed by atoms with E-state index in [1.165, 1.54) is 5.56 Å². The van der Waals surface area contributed by atoms with E-state index in [0.29, 0.717) is 17.7 Å². The summed E-state index contributed by atoms with van der Waals surface area (Å²) in [5.41, 5.74) is 1.20. The molecular weight excluding hydrogens is 210 g/mol. The quantitative estimate of drug-likeness (QED) is 0.707. The molecule has 1 rings (SSSR count). The smallest absolute Gasteiger partial charge is 0.115 e. The second-order valence-corrected chi connectivity index (χ2v) is 4.53. The predicted octanol–water partition coefficient (Wildman–Crippen LogP) is 3.47. The molecule has 0 fully saturated rings. The molecule has 1 aromatic rings. The highest BCUT2D eigenvalue weighted by Crippen LogP contribution is 2.15. The molecule has 17 heavy (non-hydrogen) atoms.